The number of benzene rings is 1. The van der Waals surface area contributed by atoms with Gasteiger partial charge in [-0.25, -0.2) is 14.3 Å². The van der Waals surface area contributed by atoms with E-state index in [1.165, 1.54) is 4.57 Å². The van der Waals surface area contributed by atoms with Crippen LogP contribution in [0, 0.1) is 18.3 Å². The number of imidazole rings is 1. The highest BCUT2D eigenvalue weighted by Crippen LogP contribution is 2.16. The summed E-state index contributed by atoms with van der Waals surface area (Å²) in [6, 6.07) is 7.40. The molecule has 0 fully saturated rings. The first-order chi connectivity index (χ1) is 13.3. The molecule has 0 unspecified atom stereocenters. The molecule has 6 nitrogen and oxygen atoms in total. The van der Waals surface area contributed by atoms with Crippen molar-refractivity contribution >= 4 is 34.9 Å². The highest BCUT2D eigenvalue weighted by atomic mass is 35.5. The number of fused-ring (bicyclic) bond motifs is 1. The van der Waals surface area contributed by atoms with Crippen LogP contribution in [0.4, 0.5) is 0 Å². The lowest BCUT2D eigenvalue weighted by Gasteiger charge is -2.12. The number of halogens is 1. The fourth-order valence-electron chi connectivity index (χ4n) is 3.07. The summed E-state index contributed by atoms with van der Waals surface area (Å²) in [7, 11) is 1.75. The Morgan fingerprint density at radius 1 is 1.25 bits per heavy atom. The average Bonchev–Trinajstić information content (AvgIpc) is 2.97. The Kier molecular flexibility index (Phi) is 5.57. The second kappa shape index (κ2) is 7.91. The van der Waals surface area contributed by atoms with Gasteiger partial charge in [0.1, 0.15) is 5.82 Å². The van der Waals surface area contributed by atoms with Crippen molar-refractivity contribution in [3.63, 3.8) is 0 Å². The van der Waals surface area contributed by atoms with E-state index in [-0.39, 0.29) is 12.5 Å². The van der Waals surface area contributed by atoms with E-state index in [0.717, 1.165) is 10.1 Å². The van der Waals surface area contributed by atoms with Gasteiger partial charge in [-0.05, 0) is 29.7 Å². The minimum atomic E-state index is -0.437. The first-order valence-corrected chi connectivity index (χ1v) is 9.28. The van der Waals surface area contributed by atoms with Gasteiger partial charge in [-0.3, -0.25) is 9.36 Å². The summed E-state index contributed by atoms with van der Waals surface area (Å²) in [5, 5.41) is 0.634. The Morgan fingerprint density at radius 3 is 2.64 bits per heavy atom. The summed E-state index contributed by atoms with van der Waals surface area (Å²) < 4.78 is 4.29. The molecule has 144 valence electrons. The number of aromatic nitrogens is 4. The van der Waals surface area contributed by atoms with Crippen molar-refractivity contribution in [1.29, 1.82) is 0 Å². The molecular formula is C21H21ClN4O2. The monoisotopic (exact) mass is 396 g/mol. The third-order valence-electron chi connectivity index (χ3n) is 4.35. The number of hydrogen-bond donors (Lipinski definition) is 0. The van der Waals surface area contributed by atoms with Gasteiger partial charge in [0.25, 0.3) is 5.56 Å². The second-order valence-electron chi connectivity index (χ2n) is 6.97. The molecule has 0 aliphatic rings. The zero-order valence-corrected chi connectivity index (χ0v) is 16.8. The highest BCUT2D eigenvalue weighted by Gasteiger charge is 2.19. The van der Waals surface area contributed by atoms with E-state index in [4.69, 9.17) is 18.0 Å². The summed E-state index contributed by atoms with van der Waals surface area (Å²) in [6.07, 6.45) is 9.01. The zero-order valence-electron chi connectivity index (χ0n) is 16.0. The summed E-state index contributed by atoms with van der Waals surface area (Å²) in [5.74, 6) is 3.14. The fourth-order valence-corrected chi connectivity index (χ4v) is 3.27. The van der Waals surface area contributed by atoms with Gasteiger partial charge >= 0.3 is 5.69 Å². The Morgan fingerprint density at radius 2 is 2.00 bits per heavy atom. The normalized spacial score (nSPS) is 11.6. The molecule has 2 aromatic heterocycles. The van der Waals surface area contributed by atoms with Crippen molar-refractivity contribution in [2.24, 2.45) is 13.0 Å². The molecule has 7 heteroatoms. The lowest BCUT2D eigenvalue weighted by molar-refractivity contribution is 0.496. The van der Waals surface area contributed by atoms with E-state index < -0.39 is 11.2 Å². The molecule has 0 N–H and O–H groups in total. The molecule has 0 saturated carbocycles. The molecule has 0 amide bonds. The van der Waals surface area contributed by atoms with E-state index in [0.29, 0.717) is 28.6 Å². The van der Waals surface area contributed by atoms with Gasteiger partial charge in [0.15, 0.2) is 11.2 Å². The van der Waals surface area contributed by atoms with E-state index >= 15 is 0 Å². The fraction of sp³-hybridized carbons (Fsp3) is 0.286. The van der Waals surface area contributed by atoms with Crippen molar-refractivity contribution in [2.45, 2.75) is 26.9 Å². The van der Waals surface area contributed by atoms with Crippen LogP contribution in [0.25, 0.3) is 23.3 Å². The molecule has 0 radical (unpaired) electrons. The van der Waals surface area contributed by atoms with E-state index in [2.05, 4.69) is 10.9 Å². The van der Waals surface area contributed by atoms with Crippen molar-refractivity contribution in [1.82, 2.24) is 18.7 Å². The molecule has 0 spiro atoms. The van der Waals surface area contributed by atoms with Crippen LogP contribution < -0.4 is 11.2 Å². The predicted octanol–water partition coefficient (Wildman–Crippen LogP) is 3.01. The van der Waals surface area contributed by atoms with Crippen molar-refractivity contribution in [2.75, 3.05) is 0 Å². The van der Waals surface area contributed by atoms with Crippen LogP contribution >= 0.6 is 11.6 Å². The summed E-state index contributed by atoms with van der Waals surface area (Å²) in [6.45, 7) is 4.36. The van der Waals surface area contributed by atoms with Crippen LogP contribution in [0.1, 0.15) is 25.2 Å². The molecule has 0 aliphatic heterocycles. The van der Waals surface area contributed by atoms with Gasteiger partial charge in [-0.2, -0.15) is 0 Å². The maximum Gasteiger partial charge on any atom is 0.333 e. The van der Waals surface area contributed by atoms with E-state index in [9.17, 15) is 9.59 Å². The number of aryl methyl sites for hydroxylation is 1. The summed E-state index contributed by atoms with van der Waals surface area (Å²) in [5.41, 5.74) is 0.748. The van der Waals surface area contributed by atoms with Gasteiger partial charge in [-0.1, -0.05) is 49.6 Å². The van der Waals surface area contributed by atoms with Crippen molar-refractivity contribution in [3.8, 4) is 12.3 Å². The maximum atomic E-state index is 12.9. The highest BCUT2D eigenvalue weighted by molar-refractivity contribution is 6.30. The van der Waals surface area contributed by atoms with Crippen LogP contribution in [0.15, 0.2) is 33.9 Å². The Bertz CT molecular complexity index is 1220. The minimum Gasteiger partial charge on any atom is -0.322 e. The third kappa shape index (κ3) is 3.67. The topological polar surface area (TPSA) is 61.8 Å². The second-order valence-corrected chi connectivity index (χ2v) is 7.41. The third-order valence-corrected chi connectivity index (χ3v) is 4.58. The molecule has 0 aliphatic carbocycles. The number of rotatable bonds is 5. The van der Waals surface area contributed by atoms with E-state index in [1.54, 1.807) is 23.8 Å². The zero-order chi connectivity index (χ0) is 20.4. The number of terminal acetylenes is 1. The molecular weight excluding hydrogens is 376 g/mol. The molecule has 0 saturated heterocycles. The Labute approximate surface area is 167 Å². The maximum absolute atomic E-state index is 12.9. The van der Waals surface area contributed by atoms with Crippen molar-refractivity contribution < 1.29 is 0 Å². The quantitative estimate of drug-likeness (QED) is 0.623. The molecule has 0 atom stereocenters. The molecule has 1 aromatic carbocycles. The van der Waals surface area contributed by atoms with Gasteiger partial charge in [0.05, 0.1) is 6.54 Å². The van der Waals surface area contributed by atoms with Gasteiger partial charge < -0.3 is 4.57 Å². The smallest absolute Gasteiger partial charge is 0.322 e. The average molecular weight is 397 g/mol. The lowest BCUT2D eigenvalue weighted by Crippen LogP contribution is -2.41. The Hall–Kier alpha value is -3.04. The van der Waals surface area contributed by atoms with Crippen LogP contribution in [-0.4, -0.2) is 18.7 Å². The number of hydrogen-bond acceptors (Lipinski definition) is 3. The molecule has 3 rings (SSSR count). The van der Waals surface area contributed by atoms with E-state index in [1.807, 2.05) is 38.1 Å². The van der Waals surface area contributed by atoms with Crippen LogP contribution in [0.3, 0.4) is 0 Å². The van der Waals surface area contributed by atoms with Gasteiger partial charge in [-0.15, -0.1) is 6.42 Å². The first kappa shape index (κ1) is 19.7. The van der Waals surface area contributed by atoms with Crippen LogP contribution in [0.5, 0.6) is 0 Å². The van der Waals surface area contributed by atoms with Gasteiger partial charge in [0.2, 0.25) is 0 Å². The predicted molar refractivity (Wildman–Crippen MR) is 113 cm³/mol. The molecule has 3 aromatic rings. The first-order valence-electron chi connectivity index (χ1n) is 8.90. The summed E-state index contributed by atoms with van der Waals surface area (Å²) >= 11 is 6.02. The molecule has 28 heavy (non-hydrogen) atoms. The molecule has 2 heterocycles. The minimum absolute atomic E-state index is 0.0788. The largest absolute Gasteiger partial charge is 0.333 e. The lowest BCUT2D eigenvalue weighted by atomic mass is 10.2. The molecule has 0 bridgehead atoms. The number of nitrogens with zero attached hydrogens (tertiary/aromatic N) is 4. The van der Waals surface area contributed by atoms with Crippen LogP contribution in [0.2, 0.25) is 5.02 Å². The SMILES string of the molecule is C#CCn1c(=O)c2c(nc(/C=C/c3cccc(Cl)c3)n2C)n(CC(C)C)c1=O. The Balaban J connectivity index is 2.24. The van der Waals surface area contributed by atoms with Gasteiger partial charge in [0, 0.05) is 18.6 Å². The van der Waals surface area contributed by atoms with Crippen LogP contribution in [-0.2, 0) is 20.1 Å². The summed E-state index contributed by atoms with van der Waals surface area (Å²) in [4.78, 5) is 30.3. The standard InChI is InChI=1S/C21H21ClN4O2/c1-5-11-25-20(27)18-19(26(21(25)28)13-14(2)3)23-17(24(18)4)10-9-15-7-6-8-16(22)12-15/h1,6-10,12,14H,11,13H2,2-4H3/b10-9+. The van der Waals surface area contributed by atoms with Crippen molar-refractivity contribution in [3.05, 3.63) is 61.5 Å².